The van der Waals surface area contributed by atoms with Gasteiger partial charge in [-0.15, -0.1) is 0 Å². The summed E-state index contributed by atoms with van der Waals surface area (Å²) in [6.07, 6.45) is 3.46. The predicted octanol–water partition coefficient (Wildman–Crippen LogP) is 1.97. The molecule has 2 aliphatic heterocycles. The summed E-state index contributed by atoms with van der Waals surface area (Å²) >= 11 is 0. The molecule has 2 aliphatic rings. The van der Waals surface area contributed by atoms with Crippen molar-refractivity contribution in [1.82, 2.24) is 19.7 Å². The van der Waals surface area contributed by atoms with Crippen LogP contribution in [0.3, 0.4) is 0 Å². The van der Waals surface area contributed by atoms with Gasteiger partial charge in [0.05, 0.1) is 20.3 Å². The highest BCUT2D eigenvalue weighted by Crippen LogP contribution is 2.42. The average molecular weight is 425 g/mol. The van der Waals surface area contributed by atoms with Crippen molar-refractivity contribution in [3.05, 3.63) is 59.9 Å². The average Bonchev–Trinajstić information content (AvgIpc) is 3.17. The Morgan fingerprint density at radius 1 is 1.29 bits per heavy atom. The molecule has 1 aromatic heterocycles. The van der Waals surface area contributed by atoms with Crippen LogP contribution >= 0.6 is 0 Å². The molecule has 2 aromatic rings. The van der Waals surface area contributed by atoms with Crippen molar-refractivity contribution in [2.45, 2.75) is 18.1 Å². The zero-order chi connectivity index (χ0) is 22.0. The van der Waals surface area contributed by atoms with E-state index in [-0.39, 0.29) is 24.4 Å². The largest absolute Gasteiger partial charge is 0.497 e. The molecular weight excluding hydrogens is 396 g/mol. The normalized spacial score (nSPS) is 23.3. The first-order valence-corrected chi connectivity index (χ1v) is 10.4. The minimum Gasteiger partial charge on any atom is -0.497 e. The van der Waals surface area contributed by atoms with Gasteiger partial charge in [-0.3, -0.25) is 9.78 Å². The molecule has 31 heavy (non-hydrogen) atoms. The quantitative estimate of drug-likeness (QED) is 0.750. The highest BCUT2D eigenvalue weighted by atomic mass is 16.5. The van der Waals surface area contributed by atoms with Gasteiger partial charge < -0.3 is 24.2 Å². The smallest absolute Gasteiger partial charge is 0.319 e. The molecule has 164 valence electrons. The minimum absolute atomic E-state index is 0.0857. The van der Waals surface area contributed by atoms with E-state index in [1.54, 1.807) is 38.5 Å². The van der Waals surface area contributed by atoms with Crippen LogP contribution in [0.2, 0.25) is 0 Å². The standard InChI is InChI=1S/C23H28N4O4/c1-25(2)22(29)27-15-20(18-5-4-10-24-13-18)23(16-27)21(28)26(11-12-31-23)14-17-6-8-19(30-3)9-7-17/h4-10,13,20H,11-12,14-16H2,1-3H3/t20-,23+/m0/s1. The molecule has 4 rings (SSSR count). The molecule has 2 atom stereocenters. The van der Waals surface area contributed by atoms with E-state index in [1.165, 1.54) is 4.90 Å². The summed E-state index contributed by atoms with van der Waals surface area (Å²) in [5, 5.41) is 0. The number of benzene rings is 1. The number of rotatable bonds is 4. The lowest BCUT2D eigenvalue weighted by Crippen LogP contribution is -2.60. The minimum atomic E-state index is -1.11. The first-order valence-electron chi connectivity index (χ1n) is 10.4. The lowest BCUT2D eigenvalue weighted by molar-refractivity contribution is -0.172. The third kappa shape index (κ3) is 3.95. The summed E-state index contributed by atoms with van der Waals surface area (Å²) in [4.78, 5) is 35.8. The van der Waals surface area contributed by atoms with E-state index in [0.717, 1.165) is 16.9 Å². The Morgan fingerprint density at radius 3 is 2.71 bits per heavy atom. The highest BCUT2D eigenvalue weighted by Gasteiger charge is 2.58. The van der Waals surface area contributed by atoms with Gasteiger partial charge in [0.1, 0.15) is 5.75 Å². The number of morpholine rings is 1. The number of aromatic nitrogens is 1. The fraction of sp³-hybridized carbons (Fsp3) is 0.435. The molecule has 0 radical (unpaired) electrons. The predicted molar refractivity (Wildman–Crippen MR) is 115 cm³/mol. The maximum absolute atomic E-state index is 13.8. The van der Waals surface area contributed by atoms with Crippen molar-refractivity contribution in [1.29, 1.82) is 0 Å². The summed E-state index contributed by atoms with van der Waals surface area (Å²) in [7, 11) is 5.06. The fourth-order valence-corrected chi connectivity index (χ4v) is 4.45. The number of urea groups is 1. The molecule has 0 bridgehead atoms. The van der Waals surface area contributed by atoms with E-state index in [1.807, 2.05) is 41.3 Å². The topological polar surface area (TPSA) is 75.2 Å². The van der Waals surface area contributed by atoms with Gasteiger partial charge in [0, 0.05) is 52.0 Å². The van der Waals surface area contributed by atoms with E-state index < -0.39 is 5.60 Å². The van der Waals surface area contributed by atoms with Crippen LogP contribution in [0, 0.1) is 0 Å². The molecule has 1 spiro atoms. The van der Waals surface area contributed by atoms with Crippen LogP contribution in [-0.4, -0.2) is 84.7 Å². The summed E-state index contributed by atoms with van der Waals surface area (Å²) in [5.41, 5.74) is 0.805. The molecule has 1 aromatic carbocycles. The number of pyridine rings is 1. The van der Waals surface area contributed by atoms with E-state index >= 15 is 0 Å². The number of amides is 3. The Morgan fingerprint density at radius 2 is 2.06 bits per heavy atom. The molecule has 8 nitrogen and oxygen atoms in total. The Kier molecular flexibility index (Phi) is 5.82. The molecule has 0 aliphatic carbocycles. The Bertz CT molecular complexity index is 934. The van der Waals surface area contributed by atoms with Crippen molar-refractivity contribution in [2.24, 2.45) is 0 Å². The van der Waals surface area contributed by atoms with Crippen molar-refractivity contribution in [3.63, 3.8) is 0 Å². The number of ether oxygens (including phenoxy) is 2. The number of nitrogens with zero attached hydrogens (tertiary/aromatic N) is 4. The number of methoxy groups -OCH3 is 1. The summed E-state index contributed by atoms with van der Waals surface area (Å²) in [6.45, 7) is 2.04. The Balaban J connectivity index is 1.64. The van der Waals surface area contributed by atoms with Gasteiger partial charge in [0.2, 0.25) is 0 Å². The maximum atomic E-state index is 13.8. The Labute approximate surface area is 182 Å². The van der Waals surface area contributed by atoms with Crippen molar-refractivity contribution < 1.29 is 19.1 Å². The van der Waals surface area contributed by atoms with E-state index in [2.05, 4.69) is 4.98 Å². The first kappa shape index (κ1) is 21.1. The SMILES string of the molecule is COc1ccc(CN2CCO[C@@]3(CN(C(=O)N(C)C)C[C@H]3c3cccnc3)C2=O)cc1. The van der Waals surface area contributed by atoms with Crippen molar-refractivity contribution >= 4 is 11.9 Å². The second kappa shape index (κ2) is 8.55. The van der Waals surface area contributed by atoms with Crippen LogP contribution in [0.5, 0.6) is 5.75 Å². The van der Waals surface area contributed by atoms with Gasteiger partial charge in [0.15, 0.2) is 5.60 Å². The lowest BCUT2D eigenvalue weighted by Gasteiger charge is -2.42. The maximum Gasteiger partial charge on any atom is 0.319 e. The van der Waals surface area contributed by atoms with Gasteiger partial charge in [-0.1, -0.05) is 18.2 Å². The third-order valence-electron chi connectivity index (χ3n) is 6.03. The number of carbonyl (C=O) groups excluding carboxylic acids is 2. The second-order valence-corrected chi connectivity index (χ2v) is 8.21. The van der Waals surface area contributed by atoms with Crippen LogP contribution < -0.4 is 4.74 Å². The Hall–Kier alpha value is -3.13. The highest BCUT2D eigenvalue weighted by molar-refractivity contribution is 5.89. The lowest BCUT2D eigenvalue weighted by atomic mass is 9.83. The van der Waals surface area contributed by atoms with Crippen LogP contribution in [0.25, 0.3) is 0 Å². The fourth-order valence-electron chi connectivity index (χ4n) is 4.45. The van der Waals surface area contributed by atoms with Crippen LogP contribution in [0.1, 0.15) is 17.0 Å². The van der Waals surface area contributed by atoms with Crippen LogP contribution in [-0.2, 0) is 16.1 Å². The molecular formula is C23H28N4O4. The van der Waals surface area contributed by atoms with Crippen molar-refractivity contribution in [2.75, 3.05) is 47.4 Å². The van der Waals surface area contributed by atoms with E-state index in [0.29, 0.717) is 26.2 Å². The molecule has 3 heterocycles. The summed E-state index contributed by atoms with van der Waals surface area (Å²) < 4.78 is 11.4. The molecule has 0 saturated carbocycles. The molecule has 2 saturated heterocycles. The number of hydrogen-bond donors (Lipinski definition) is 0. The molecule has 2 fully saturated rings. The zero-order valence-corrected chi connectivity index (χ0v) is 18.2. The molecule has 0 N–H and O–H groups in total. The first-order chi connectivity index (χ1) is 14.9. The monoisotopic (exact) mass is 424 g/mol. The molecule has 8 heteroatoms. The van der Waals surface area contributed by atoms with Gasteiger partial charge in [-0.2, -0.15) is 0 Å². The number of likely N-dealkylation sites (tertiary alicyclic amines) is 1. The third-order valence-corrected chi connectivity index (χ3v) is 6.03. The van der Waals surface area contributed by atoms with E-state index in [9.17, 15) is 9.59 Å². The summed E-state index contributed by atoms with van der Waals surface area (Å²) in [6, 6.07) is 11.4. The van der Waals surface area contributed by atoms with Crippen LogP contribution in [0.4, 0.5) is 4.79 Å². The zero-order valence-electron chi connectivity index (χ0n) is 18.2. The number of carbonyl (C=O) groups is 2. The van der Waals surface area contributed by atoms with Crippen LogP contribution in [0.15, 0.2) is 48.8 Å². The second-order valence-electron chi connectivity index (χ2n) is 8.21. The van der Waals surface area contributed by atoms with Gasteiger partial charge in [-0.05, 0) is 29.3 Å². The van der Waals surface area contributed by atoms with E-state index in [4.69, 9.17) is 9.47 Å². The summed E-state index contributed by atoms with van der Waals surface area (Å²) in [5.74, 6) is 0.410. The molecule has 0 unspecified atom stereocenters. The molecule has 3 amide bonds. The van der Waals surface area contributed by atoms with Gasteiger partial charge in [0.25, 0.3) is 5.91 Å². The number of hydrogen-bond acceptors (Lipinski definition) is 5. The van der Waals surface area contributed by atoms with Crippen molar-refractivity contribution in [3.8, 4) is 5.75 Å². The van der Waals surface area contributed by atoms with Gasteiger partial charge >= 0.3 is 6.03 Å². The van der Waals surface area contributed by atoms with Gasteiger partial charge in [-0.25, -0.2) is 4.79 Å².